The van der Waals surface area contributed by atoms with Crippen molar-refractivity contribution in [1.82, 2.24) is 0 Å². The summed E-state index contributed by atoms with van der Waals surface area (Å²) in [4.78, 5) is 10.2. The van der Waals surface area contributed by atoms with Crippen molar-refractivity contribution >= 4 is 11.4 Å². The smallest absolute Gasteiger partial charge is 0.415 e. The molecule has 0 saturated carbocycles. The molecule has 0 atom stereocenters. The van der Waals surface area contributed by atoms with E-state index in [1.54, 1.807) is 19.1 Å². The van der Waals surface area contributed by atoms with Crippen LogP contribution in [0.25, 0.3) is 0 Å². The molecule has 1 N–H and O–H groups in total. The second-order valence-corrected chi connectivity index (χ2v) is 2.69. The summed E-state index contributed by atoms with van der Waals surface area (Å²) in [7, 11) is 0. The van der Waals surface area contributed by atoms with Gasteiger partial charge in [-0.15, -0.1) is 6.54 Å². The van der Waals surface area contributed by atoms with Gasteiger partial charge in [0.15, 0.2) is 0 Å². The molecule has 0 fully saturated rings. The molecule has 1 aromatic rings. The summed E-state index contributed by atoms with van der Waals surface area (Å²) >= 11 is 0. The average molecular weight is 218 g/mol. The van der Waals surface area contributed by atoms with Crippen LogP contribution in [-0.4, -0.2) is 11.5 Å². The molecule has 5 heteroatoms. The van der Waals surface area contributed by atoms with Gasteiger partial charge in [-0.25, -0.2) is 0 Å². The monoisotopic (exact) mass is 218 g/mol. The standard InChI is InChI=1S/C9H11N2O2.K/c1-3-10-8-5-4-7(2)9(6-8)11(12)13;/h4-6,10H,1,3H2,2H3;/q-1;+1. The van der Waals surface area contributed by atoms with E-state index in [0.717, 1.165) is 5.69 Å². The first-order chi connectivity index (χ1) is 6.15. The second-order valence-electron chi connectivity index (χ2n) is 2.69. The number of nitrogens with one attached hydrogen (secondary N) is 1. The van der Waals surface area contributed by atoms with Crippen molar-refractivity contribution < 1.29 is 56.3 Å². The number of nitrogens with zero attached hydrogens (tertiary/aromatic N) is 1. The van der Waals surface area contributed by atoms with E-state index < -0.39 is 0 Å². The molecule has 0 amide bonds. The number of aryl methyl sites for hydroxylation is 1. The predicted octanol–water partition coefficient (Wildman–Crippen LogP) is -0.847. The number of nitro benzene ring substituents is 1. The Bertz CT molecular complexity index is 329. The summed E-state index contributed by atoms with van der Waals surface area (Å²) in [6.07, 6.45) is 0. The molecule has 0 saturated heterocycles. The van der Waals surface area contributed by atoms with Crippen LogP contribution < -0.4 is 56.7 Å². The van der Waals surface area contributed by atoms with E-state index in [1.807, 2.05) is 0 Å². The minimum atomic E-state index is -0.385. The molecule has 14 heavy (non-hydrogen) atoms. The maximum Gasteiger partial charge on any atom is 1.00 e. The van der Waals surface area contributed by atoms with E-state index in [9.17, 15) is 10.1 Å². The van der Waals surface area contributed by atoms with Crippen LogP contribution in [-0.2, 0) is 0 Å². The van der Waals surface area contributed by atoms with Gasteiger partial charge in [-0.3, -0.25) is 10.1 Å². The third-order valence-electron chi connectivity index (χ3n) is 1.73. The van der Waals surface area contributed by atoms with Gasteiger partial charge in [0.1, 0.15) is 0 Å². The van der Waals surface area contributed by atoms with Crippen molar-refractivity contribution in [2.45, 2.75) is 6.92 Å². The van der Waals surface area contributed by atoms with Crippen molar-refractivity contribution in [2.75, 3.05) is 11.9 Å². The van der Waals surface area contributed by atoms with Crippen LogP contribution in [0.3, 0.4) is 0 Å². The van der Waals surface area contributed by atoms with Crippen LogP contribution in [0.2, 0.25) is 0 Å². The summed E-state index contributed by atoms with van der Waals surface area (Å²) in [5.74, 6) is 0. The van der Waals surface area contributed by atoms with Crippen molar-refractivity contribution in [1.29, 1.82) is 0 Å². The zero-order valence-electron chi connectivity index (χ0n) is 8.41. The summed E-state index contributed by atoms with van der Waals surface area (Å²) in [5.41, 5.74) is 1.53. The van der Waals surface area contributed by atoms with Crippen LogP contribution in [0, 0.1) is 24.0 Å². The van der Waals surface area contributed by atoms with Gasteiger partial charge in [0.05, 0.1) is 4.92 Å². The summed E-state index contributed by atoms with van der Waals surface area (Å²) < 4.78 is 0. The second kappa shape index (κ2) is 6.52. The third-order valence-corrected chi connectivity index (χ3v) is 1.73. The molecule has 1 aromatic carbocycles. The molecule has 0 spiro atoms. The van der Waals surface area contributed by atoms with E-state index >= 15 is 0 Å². The number of nitro groups is 1. The normalized spacial score (nSPS) is 9.00. The van der Waals surface area contributed by atoms with Gasteiger partial charge in [0, 0.05) is 17.3 Å². The van der Waals surface area contributed by atoms with Gasteiger partial charge in [0.25, 0.3) is 5.69 Å². The molecular weight excluding hydrogens is 207 g/mol. The molecule has 0 radical (unpaired) electrons. The maximum absolute atomic E-state index is 10.5. The molecule has 0 bridgehead atoms. The van der Waals surface area contributed by atoms with Gasteiger partial charge in [-0.2, -0.15) is 0 Å². The first-order valence-electron chi connectivity index (χ1n) is 3.93. The molecule has 0 heterocycles. The Morgan fingerprint density at radius 2 is 2.21 bits per heavy atom. The average Bonchev–Trinajstić information content (AvgIpc) is 2.08. The Labute approximate surface area is 126 Å². The van der Waals surface area contributed by atoms with Crippen LogP contribution in [0.5, 0.6) is 0 Å². The molecule has 0 aliphatic carbocycles. The van der Waals surface area contributed by atoms with E-state index in [-0.39, 0.29) is 62.0 Å². The van der Waals surface area contributed by atoms with Gasteiger partial charge in [-0.05, 0) is 13.0 Å². The Hall–Kier alpha value is 0.0564. The first kappa shape index (κ1) is 14.1. The molecule has 0 aliphatic heterocycles. The van der Waals surface area contributed by atoms with Crippen LogP contribution in [0.15, 0.2) is 18.2 Å². The quantitative estimate of drug-likeness (QED) is 0.311. The van der Waals surface area contributed by atoms with Crippen molar-refractivity contribution in [3.63, 3.8) is 0 Å². The SMILES string of the molecule is [CH2-]CNc1ccc(C)c([N+](=O)[O-])c1.[K+]. The fraction of sp³-hybridized carbons (Fsp3) is 0.222. The number of benzene rings is 1. The molecular formula is C9H11KN2O2. The number of hydrogen-bond donors (Lipinski definition) is 1. The summed E-state index contributed by atoms with van der Waals surface area (Å²) in [6.45, 7) is 5.83. The number of hydrogen-bond acceptors (Lipinski definition) is 3. The predicted molar refractivity (Wildman–Crippen MR) is 51.7 cm³/mol. The maximum atomic E-state index is 10.5. The molecule has 0 aromatic heterocycles. The Morgan fingerprint density at radius 3 is 2.71 bits per heavy atom. The van der Waals surface area contributed by atoms with Crippen molar-refractivity contribution in [3.8, 4) is 0 Å². The van der Waals surface area contributed by atoms with Gasteiger partial charge < -0.3 is 12.2 Å². The van der Waals surface area contributed by atoms with E-state index in [2.05, 4.69) is 12.2 Å². The third kappa shape index (κ3) is 3.66. The minimum Gasteiger partial charge on any atom is -0.415 e. The molecule has 4 nitrogen and oxygen atoms in total. The molecule has 0 aliphatic rings. The Kier molecular flexibility index (Phi) is 6.55. The topological polar surface area (TPSA) is 55.2 Å². The van der Waals surface area contributed by atoms with Crippen LogP contribution in [0.1, 0.15) is 5.56 Å². The minimum absolute atomic E-state index is 0. The fourth-order valence-electron chi connectivity index (χ4n) is 1.06. The first-order valence-corrected chi connectivity index (χ1v) is 3.93. The van der Waals surface area contributed by atoms with Crippen LogP contribution >= 0.6 is 0 Å². The molecule has 0 unspecified atom stereocenters. The Morgan fingerprint density at radius 1 is 1.57 bits per heavy atom. The van der Waals surface area contributed by atoms with Gasteiger partial charge in [-0.1, -0.05) is 6.07 Å². The van der Waals surface area contributed by atoms with E-state index in [1.165, 1.54) is 6.07 Å². The largest absolute Gasteiger partial charge is 1.00 e. The number of anilines is 1. The van der Waals surface area contributed by atoms with Crippen molar-refractivity contribution in [3.05, 3.63) is 40.8 Å². The molecule has 70 valence electrons. The van der Waals surface area contributed by atoms with Gasteiger partial charge >= 0.3 is 51.4 Å². The number of rotatable bonds is 3. The van der Waals surface area contributed by atoms with Crippen molar-refractivity contribution in [2.24, 2.45) is 0 Å². The molecule has 1 rings (SSSR count). The summed E-state index contributed by atoms with van der Waals surface area (Å²) in [5, 5.41) is 13.5. The van der Waals surface area contributed by atoms with E-state index in [4.69, 9.17) is 0 Å². The fourth-order valence-corrected chi connectivity index (χ4v) is 1.06. The summed E-state index contributed by atoms with van der Waals surface area (Å²) in [6, 6.07) is 5.03. The van der Waals surface area contributed by atoms with Crippen LogP contribution in [0.4, 0.5) is 11.4 Å². The van der Waals surface area contributed by atoms with Gasteiger partial charge in [0.2, 0.25) is 0 Å². The zero-order chi connectivity index (χ0) is 9.84. The Balaban J connectivity index is 0.00000169. The van der Waals surface area contributed by atoms with E-state index in [0.29, 0.717) is 12.1 Å². The zero-order valence-corrected chi connectivity index (χ0v) is 11.5.